The lowest BCUT2D eigenvalue weighted by molar-refractivity contribution is -0.141. The highest BCUT2D eigenvalue weighted by atomic mass is 32.1. The molecule has 0 radical (unpaired) electrons. The number of thiol groups is 1. The number of aliphatic hydroxyl groups excluding tert-OH is 3. The van der Waals surface area contributed by atoms with Gasteiger partial charge in [0.2, 0.25) is 47.3 Å². The quantitative estimate of drug-likeness (QED) is 0.0121. The maximum absolute atomic E-state index is 14.0. The van der Waals surface area contributed by atoms with E-state index in [-0.39, 0.29) is 62.8 Å². The summed E-state index contributed by atoms with van der Waals surface area (Å²) >= 11 is 3.86. The fourth-order valence-corrected chi connectivity index (χ4v) is 6.57. The van der Waals surface area contributed by atoms with E-state index in [9.17, 15) is 58.5 Å². The van der Waals surface area contributed by atoms with E-state index in [0.717, 1.165) is 0 Å². The SMILES string of the molecule is CC(C)C[C@H](NC(=O)[C@@H](NC(=O)[C@H](CCCCN)NC(=O)[C@H](CCCCN)NC(=O)[C@@H](N)[C@@H](C)O)[C@@H](C)O)C(=O)N[C@@H](CCCN=C(N)N)C(=O)N[C@H](C(=O)NCC(=O)N[C@@H](CS)C(=O)O)[C@@H](C)O. The van der Waals surface area contributed by atoms with Crippen molar-refractivity contribution in [3.05, 3.63) is 0 Å². The summed E-state index contributed by atoms with van der Waals surface area (Å²) in [5.41, 5.74) is 27.9. The number of rotatable bonds is 35. The molecule has 0 bridgehead atoms. The normalized spacial score (nSPS) is 16.0. The number of carboxylic acid groups (broad SMARTS) is 1. The molecular formula is C41H78N14O13S. The number of aliphatic carboxylic acids is 1. The zero-order valence-electron chi connectivity index (χ0n) is 40.1. The van der Waals surface area contributed by atoms with Crippen LogP contribution in [0.3, 0.4) is 0 Å². The highest BCUT2D eigenvalue weighted by Crippen LogP contribution is 2.11. The zero-order chi connectivity index (χ0) is 53.0. The lowest BCUT2D eigenvalue weighted by Crippen LogP contribution is -2.62. The van der Waals surface area contributed by atoms with Crippen molar-refractivity contribution in [1.82, 2.24) is 42.5 Å². The molecule has 0 aromatic rings. The molecule has 0 aromatic heterocycles. The smallest absolute Gasteiger partial charge is 0.327 e. The molecule has 396 valence electrons. The molecule has 0 saturated heterocycles. The van der Waals surface area contributed by atoms with Gasteiger partial charge in [0, 0.05) is 12.3 Å². The molecule has 0 aromatic carbocycles. The van der Waals surface area contributed by atoms with Crippen molar-refractivity contribution in [2.24, 2.45) is 39.6 Å². The number of nitrogens with one attached hydrogen (secondary N) is 8. The highest BCUT2D eigenvalue weighted by molar-refractivity contribution is 7.80. The number of unbranched alkanes of at least 4 members (excludes halogenated alkanes) is 2. The molecule has 0 aliphatic rings. The summed E-state index contributed by atoms with van der Waals surface area (Å²) < 4.78 is 0. The first-order valence-electron chi connectivity index (χ1n) is 22.8. The van der Waals surface area contributed by atoms with Gasteiger partial charge in [0.15, 0.2) is 5.96 Å². The van der Waals surface area contributed by atoms with Crippen LogP contribution in [-0.2, 0) is 43.2 Å². The van der Waals surface area contributed by atoms with Gasteiger partial charge >= 0.3 is 5.97 Å². The summed E-state index contributed by atoms with van der Waals surface area (Å²) in [6.45, 7) is 6.93. The first-order valence-corrected chi connectivity index (χ1v) is 23.4. The van der Waals surface area contributed by atoms with E-state index in [1.807, 2.05) is 0 Å². The maximum Gasteiger partial charge on any atom is 0.327 e. The molecule has 0 aliphatic carbocycles. The van der Waals surface area contributed by atoms with E-state index < -0.39 is 126 Å². The van der Waals surface area contributed by atoms with Gasteiger partial charge in [-0.1, -0.05) is 13.8 Å². The average molecular weight is 1010 g/mol. The second-order valence-corrected chi connectivity index (χ2v) is 17.3. The van der Waals surface area contributed by atoms with Gasteiger partial charge in [-0.05, 0) is 97.6 Å². The molecular weight excluding hydrogens is 929 g/mol. The topological polar surface area (TPSA) is 473 Å². The number of nitrogens with two attached hydrogens (primary N) is 5. The summed E-state index contributed by atoms with van der Waals surface area (Å²) in [5, 5.41) is 59.5. The Morgan fingerprint density at radius 2 is 0.957 bits per heavy atom. The second-order valence-electron chi connectivity index (χ2n) is 17.0. The third-order valence-electron chi connectivity index (χ3n) is 10.3. The Labute approximate surface area is 407 Å². The van der Waals surface area contributed by atoms with Crippen molar-refractivity contribution in [3.8, 4) is 0 Å². The van der Waals surface area contributed by atoms with Crippen LogP contribution in [0.15, 0.2) is 4.99 Å². The van der Waals surface area contributed by atoms with Crippen LogP contribution in [0, 0.1) is 5.92 Å². The van der Waals surface area contributed by atoms with E-state index in [2.05, 4.69) is 60.2 Å². The lowest BCUT2D eigenvalue weighted by atomic mass is 10.0. The van der Waals surface area contributed by atoms with E-state index >= 15 is 0 Å². The van der Waals surface area contributed by atoms with Crippen LogP contribution in [0.1, 0.15) is 92.4 Å². The van der Waals surface area contributed by atoms with Crippen LogP contribution in [0.25, 0.3) is 0 Å². The van der Waals surface area contributed by atoms with Crippen molar-refractivity contribution < 1.29 is 63.6 Å². The molecule has 0 aliphatic heterocycles. The van der Waals surface area contributed by atoms with Crippen molar-refractivity contribution in [1.29, 1.82) is 0 Å². The molecule has 22 N–H and O–H groups in total. The number of aliphatic imine (C=N–C) groups is 1. The summed E-state index contributed by atoms with van der Waals surface area (Å²) in [4.78, 5) is 122. The van der Waals surface area contributed by atoms with Gasteiger partial charge in [-0.15, -0.1) is 0 Å². The first kappa shape index (κ1) is 63.6. The molecule has 0 unspecified atom stereocenters. The fourth-order valence-electron chi connectivity index (χ4n) is 6.32. The van der Waals surface area contributed by atoms with Gasteiger partial charge in [-0.25, -0.2) is 4.79 Å². The standard InChI is InChI=1S/C41H78N14O13S/c1-20(2)17-27(36(63)51-26(13-10-16-47-41(45)46)35(62)54-31(22(4)57)38(65)48-18-29(59)49-28(19-69)40(67)68)53-39(66)32(23(5)58)55-34(61)25(12-7-9-15-43)50-33(60)24(11-6-8-14-42)52-37(64)30(44)21(3)56/h20-28,30-32,56-58,69H,6-19,42-44H2,1-5H3,(H,48,65)(H,49,59)(H,50,60)(H,51,63)(H,52,64)(H,53,66)(H,54,62)(H,55,61)(H,67,68)(H4,45,46,47)/t21-,22-,23-,24+,25+,26+,27+,28+,30+,31+,32+/m1/s1. The monoisotopic (exact) mass is 1010 g/mol. The third kappa shape index (κ3) is 25.7. The Bertz CT molecular complexity index is 1700. The Morgan fingerprint density at radius 3 is 1.36 bits per heavy atom. The Hall–Kier alpha value is -5.39. The van der Waals surface area contributed by atoms with Crippen LogP contribution in [-0.4, -0.2) is 178 Å². The van der Waals surface area contributed by atoms with Gasteiger partial charge in [0.1, 0.15) is 48.3 Å². The molecule has 27 nitrogen and oxygen atoms in total. The number of hydrogen-bond donors (Lipinski definition) is 18. The summed E-state index contributed by atoms with van der Waals surface area (Å²) in [6, 6.07) is -11.5. The minimum absolute atomic E-state index is 0.00261. The third-order valence-corrected chi connectivity index (χ3v) is 10.6. The zero-order valence-corrected chi connectivity index (χ0v) is 41.0. The van der Waals surface area contributed by atoms with Crippen molar-refractivity contribution in [3.63, 3.8) is 0 Å². The van der Waals surface area contributed by atoms with E-state index in [4.69, 9.17) is 33.8 Å². The van der Waals surface area contributed by atoms with Crippen molar-refractivity contribution in [2.45, 2.75) is 159 Å². The second kappa shape index (κ2) is 34.0. The number of carboxylic acids is 1. The van der Waals surface area contributed by atoms with Gasteiger partial charge in [0.25, 0.3) is 0 Å². The molecule has 28 heteroatoms. The maximum atomic E-state index is 14.0. The fraction of sp³-hybridized carbons (Fsp3) is 0.756. The minimum atomic E-state index is -1.71. The highest BCUT2D eigenvalue weighted by Gasteiger charge is 2.36. The number of carbonyl (C=O) groups excluding carboxylic acids is 8. The van der Waals surface area contributed by atoms with Gasteiger partial charge in [-0.3, -0.25) is 43.3 Å². The van der Waals surface area contributed by atoms with E-state index in [1.54, 1.807) is 13.8 Å². The van der Waals surface area contributed by atoms with E-state index in [1.165, 1.54) is 20.8 Å². The number of amides is 8. The molecule has 11 atom stereocenters. The van der Waals surface area contributed by atoms with Crippen LogP contribution in [0.5, 0.6) is 0 Å². The van der Waals surface area contributed by atoms with Crippen LogP contribution >= 0.6 is 12.6 Å². The molecule has 69 heavy (non-hydrogen) atoms. The molecule has 0 rings (SSSR count). The largest absolute Gasteiger partial charge is 0.480 e. The number of nitrogens with zero attached hydrogens (tertiary/aromatic N) is 1. The molecule has 0 saturated carbocycles. The van der Waals surface area contributed by atoms with Crippen LogP contribution in [0.2, 0.25) is 0 Å². The van der Waals surface area contributed by atoms with Gasteiger partial charge < -0.3 is 91.6 Å². The number of guanidine groups is 1. The average Bonchev–Trinajstić information content (AvgIpc) is 3.27. The lowest BCUT2D eigenvalue weighted by Gasteiger charge is -2.29. The minimum Gasteiger partial charge on any atom is -0.480 e. The van der Waals surface area contributed by atoms with Crippen molar-refractivity contribution >= 4 is 71.8 Å². The van der Waals surface area contributed by atoms with Gasteiger partial charge in [-0.2, -0.15) is 12.6 Å². The predicted octanol–water partition coefficient (Wildman–Crippen LogP) is -6.66. The summed E-state index contributed by atoms with van der Waals surface area (Å²) in [7, 11) is 0. The number of carbonyl (C=O) groups is 9. The van der Waals surface area contributed by atoms with E-state index in [0.29, 0.717) is 32.2 Å². The molecule has 8 amide bonds. The molecule has 0 spiro atoms. The Kier molecular flexibility index (Phi) is 31.3. The van der Waals surface area contributed by atoms with Crippen LogP contribution in [0.4, 0.5) is 0 Å². The summed E-state index contributed by atoms with van der Waals surface area (Å²) in [6.07, 6.45) is -2.68. The number of hydrogen-bond acceptors (Lipinski definition) is 17. The molecule has 0 heterocycles. The Balaban J connectivity index is 6.53. The molecule has 0 fully saturated rings. The van der Waals surface area contributed by atoms with Gasteiger partial charge in [0.05, 0.1) is 24.9 Å². The Morgan fingerprint density at radius 1 is 0.536 bits per heavy atom. The summed E-state index contributed by atoms with van der Waals surface area (Å²) in [5.74, 6) is -9.53. The van der Waals surface area contributed by atoms with Crippen LogP contribution < -0.4 is 71.2 Å². The first-order chi connectivity index (χ1) is 32.3. The predicted molar refractivity (Wildman–Crippen MR) is 256 cm³/mol. The van der Waals surface area contributed by atoms with Crippen molar-refractivity contribution in [2.75, 3.05) is 31.9 Å². The number of aliphatic hydroxyl groups is 3.